The minimum atomic E-state index is -0.510. The molecule has 0 spiro atoms. The van der Waals surface area contributed by atoms with Crippen molar-refractivity contribution in [1.82, 2.24) is 10.2 Å². The zero-order valence-corrected chi connectivity index (χ0v) is 15.7. The van der Waals surface area contributed by atoms with Crippen LogP contribution in [0.1, 0.15) is 31.9 Å². The summed E-state index contributed by atoms with van der Waals surface area (Å²) in [6, 6.07) is 17.5. The molecule has 0 saturated carbocycles. The Bertz CT molecular complexity index is 696. The van der Waals surface area contributed by atoms with E-state index < -0.39 is 11.7 Å². The predicted molar refractivity (Wildman–Crippen MR) is 103 cm³/mol. The van der Waals surface area contributed by atoms with Gasteiger partial charge in [0.15, 0.2) is 0 Å². The summed E-state index contributed by atoms with van der Waals surface area (Å²) in [5.74, 6) is 0.283. The van der Waals surface area contributed by atoms with Crippen LogP contribution in [0.2, 0.25) is 0 Å². The highest BCUT2D eigenvalue weighted by molar-refractivity contribution is 5.67. The molecule has 2 rings (SSSR count). The number of amides is 1. The molecule has 2 aromatic rings. The maximum Gasteiger partial charge on any atom is 0.407 e. The van der Waals surface area contributed by atoms with Gasteiger partial charge in [0.1, 0.15) is 11.4 Å². The fraction of sp³-hybridized carbons (Fsp3) is 0.381. The van der Waals surface area contributed by atoms with Gasteiger partial charge in [0.05, 0.1) is 0 Å². The first kappa shape index (κ1) is 19.8. The van der Waals surface area contributed by atoms with Gasteiger partial charge in [-0.25, -0.2) is 4.79 Å². The summed E-state index contributed by atoms with van der Waals surface area (Å²) < 4.78 is 5.27. The summed E-state index contributed by atoms with van der Waals surface area (Å²) in [5.41, 5.74) is 1.53. The summed E-state index contributed by atoms with van der Waals surface area (Å²) in [6.45, 7) is 7.95. The van der Waals surface area contributed by atoms with E-state index in [0.717, 1.165) is 12.1 Å². The third-order valence-electron chi connectivity index (χ3n) is 3.73. The lowest BCUT2D eigenvalue weighted by Gasteiger charge is -2.24. The normalized spacial score (nSPS) is 11.4. The van der Waals surface area contributed by atoms with E-state index in [9.17, 15) is 9.90 Å². The van der Waals surface area contributed by atoms with E-state index in [4.69, 9.17) is 4.74 Å². The minimum Gasteiger partial charge on any atom is -0.508 e. The molecule has 5 nitrogen and oxygen atoms in total. The minimum absolute atomic E-state index is 0.283. The van der Waals surface area contributed by atoms with Gasteiger partial charge in [-0.05, 0) is 32.4 Å². The van der Waals surface area contributed by atoms with Gasteiger partial charge in [-0.2, -0.15) is 0 Å². The van der Waals surface area contributed by atoms with Crippen LogP contribution in [0.3, 0.4) is 0 Å². The number of nitrogens with zero attached hydrogens (tertiary/aromatic N) is 1. The fourth-order valence-electron chi connectivity index (χ4n) is 2.57. The Morgan fingerprint density at radius 2 is 1.69 bits per heavy atom. The van der Waals surface area contributed by atoms with E-state index in [1.54, 1.807) is 6.07 Å². The van der Waals surface area contributed by atoms with Crippen molar-refractivity contribution in [3.63, 3.8) is 0 Å². The van der Waals surface area contributed by atoms with Crippen LogP contribution in [0, 0.1) is 0 Å². The highest BCUT2D eigenvalue weighted by atomic mass is 16.6. The van der Waals surface area contributed by atoms with E-state index in [1.165, 1.54) is 5.56 Å². The maximum atomic E-state index is 11.8. The smallest absolute Gasteiger partial charge is 0.407 e. The molecule has 26 heavy (non-hydrogen) atoms. The molecule has 0 saturated heterocycles. The number of nitrogens with one attached hydrogen (secondary N) is 1. The Hall–Kier alpha value is -2.53. The molecule has 0 aliphatic rings. The molecule has 1 amide bonds. The predicted octanol–water partition coefficient (Wildman–Crippen LogP) is 3.92. The van der Waals surface area contributed by atoms with Crippen LogP contribution in [0.15, 0.2) is 54.6 Å². The van der Waals surface area contributed by atoms with Gasteiger partial charge in [-0.3, -0.25) is 4.90 Å². The van der Waals surface area contributed by atoms with Crippen LogP contribution < -0.4 is 5.32 Å². The monoisotopic (exact) mass is 356 g/mol. The summed E-state index contributed by atoms with van der Waals surface area (Å²) in [4.78, 5) is 14.0. The standard InChI is InChI=1S/C21H28N2O3/c1-21(2,3)26-20(25)22-13-14-23(15-17-9-5-4-6-10-17)16-18-11-7-8-12-19(18)24/h4-12,24H,13-16H2,1-3H3,(H,22,25). The van der Waals surface area contributed by atoms with Crippen LogP contribution in [0.25, 0.3) is 0 Å². The summed E-state index contributed by atoms with van der Waals surface area (Å²) >= 11 is 0. The molecule has 0 aliphatic heterocycles. The molecule has 2 aromatic carbocycles. The first-order valence-corrected chi connectivity index (χ1v) is 8.83. The van der Waals surface area contributed by atoms with Crippen molar-refractivity contribution in [2.45, 2.75) is 39.5 Å². The van der Waals surface area contributed by atoms with Gasteiger partial charge in [-0.15, -0.1) is 0 Å². The van der Waals surface area contributed by atoms with E-state index in [0.29, 0.717) is 19.6 Å². The Labute approximate surface area is 155 Å². The van der Waals surface area contributed by atoms with Crippen molar-refractivity contribution in [3.8, 4) is 5.75 Å². The van der Waals surface area contributed by atoms with Crippen LogP contribution in [0.5, 0.6) is 5.75 Å². The van der Waals surface area contributed by atoms with E-state index in [2.05, 4.69) is 22.3 Å². The maximum absolute atomic E-state index is 11.8. The van der Waals surface area contributed by atoms with Gasteiger partial charge in [0.25, 0.3) is 0 Å². The molecule has 0 unspecified atom stereocenters. The van der Waals surface area contributed by atoms with E-state index in [1.807, 2.05) is 57.2 Å². The number of hydrogen-bond donors (Lipinski definition) is 2. The van der Waals surface area contributed by atoms with Gasteiger partial charge < -0.3 is 15.2 Å². The Balaban J connectivity index is 1.96. The lowest BCUT2D eigenvalue weighted by molar-refractivity contribution is 0.0521. The summed E-state index contributed by atoms with van der Waals surface area (Å²) in [7, 11) is 0. The molecule has 2 N–H and O–H groups in total. The second kappa shape index (κ2) is 9.25. The number of benzene rings is 2. The average molecular weight is 356 g/mol. The number of carbonyl (C=O) groups is 1. The number of phenolic OH excluding ortho intramolecular Hbond substituents is 1. The van der Waals surface area contributed by atoms with Crippen LogP contribution >= 0.6 is 0 Å². The van der Waals surface area contributed by atoms with Gasteiger partial charge >= 0.3 is 6.09 Å². The zero-order valence-electron chi connectivity index (χ0n) is 15.7. The average Bonchev–Trinajstić information content (AvgIpc) is 2.56. The molecule has 0 aliphatic carbocycles. The second-order valence-corrected chi connectivity index (χ2v) is 7.25. The van der Waals surface area contributed by atoms with Crippen LogP contribution in [-0.4, -0.2) is 34.8 Å². The van der Waals surface area contributed by atoms with Gasteiger partial charge in [0.2, 0.25) is 0 Å². The van der Waals surface area contributed by atoms with Crippen molar-refractivity contribution in [2.75, 3.05) is 13.1 Å². The van der Waals surface area contributed by atoms with Crippen molar-refractivity contribution < 1.29 is 14.6 Å². The van der Waals surface area contributed by atoms with Gasteiger partial charge in [-0.1, -0.05) is 48.5 Å². The van der Waals surface area contributed by atoms with Crippen molar-refractivity contribution >= 4 is 6.09 Å². The molecule has 0 heterocycles. The number of aromatic hydroxyl groups is 1. The number of rotatable bonds is 7. The fourth-order valence-corrected chi connectivity index (χ4v) is 2.57. The molecule has 0 fully saturated rings. The van der Waals surface area contributed by atoms with Crippen molar-refractivity contribution in [2.24, 2.45) is 0 Å². The van der Waals surface area contributed by atoms with Gasteiger partial charge in [0, 0.05) is 31.7 Å². The Morgan fingerprint density at radius 3 is 2.35 bits per heavy atom. The number of ether oxygens (including phenoxy) is 1. The molecule has 0 radical (unpaired) electrons. The Kier molecular flexibility index (Phi) is 7.04. The number of phenols is 1. The van der Waals surface area contributed by atoms with Crippen LogP contribution in [0.4, 0.5) is 4.79 Å². The first-order valence-electron chi connectivity index (χ1n) is 8.83. The van der Waals surface area contributed by atoms with E-state index in [-0.39, 0.29) is 5.75 Å². The van der Waals surface area contributed by atoms with Crippen molar-refractivity contribution in [3.05, 3.63) is 65.7 Å². The third kappa shape index (κ3) is 7.15. The number of para-hydroxylation sites is 1. The lowest BCUT2D eigenvalue weighted by atomic mass is 10.1. The second-order valence-electron chi connectivity index (χ2n) is 7.25. The summed E-state index contributed by atoms with van der Waals surface area (Å²) in [5, 5.41) is 12.8. The number of carbonyl (C=O) groups excluding carboxylic acids is 1. The highest BCUT2D eigenvalue weighted by Crippen LogP contribution is 2.19. The van der Waals surface area contributed by atoms with E-state index >= 15 is 0 Å². The molecule has 140 valence electrons. The first-order chi connectivity index (χ1) is 12.3. The summed E-state index contributed by atoms with van der Waals surface area (Å²) in [6.07, 6.45) is -0.417. The molecule has 0 atom stereocenters. The topological polar surface area (TPSA) is 61.8 Å². The molecular formula is C21H28N2O3. The SMILES string of the molecule is CC(C)(C)OC(=O)NCCN(Cc1ccccc1)Cc1ccccc1O. The lowest BCUT2D eigenvalue weighted by Crippen LogP contribution is -2.37. The Morgan fingerprint density at radius 1 is 1.04 bits per heavy atom. The quantitative estimate of drug-likeness (QED) is 0.789. The van der Waals surface area contributed by atoms with Crippen molar-refractivity contribution in [1.29, 1.82) is 0 Å². The van der Waals surface area contributed by atoms with Crippen LogP contribution in [-0.2, 0) is 17.8 Å². The molecular weight excluding hydrogens is 328 g/mol. The molecule has 5 heteroatoms. The zero-order chi connectivity index (χ0) is 19.0. The molecule has 0 bridgehead atoms. The largest absolute Gasteiger partial charge is 0.508 e. The number of hydrogen-bond acceptors (Lipinski definition) is 4. The molecule has 0 aromatic heterocycles. The number of alkyl carbamates (subject to hydrolysis) is 1. The highest BCUT2D eigenvalue weighted by Gasteiger charge is 2.16. The third-order valence-corrected chi connectivity index (χ3v) is 3.73.